The van der Waals surface area contributed by atoms with Crippen LogP contribution in [0.2, 0.25) is 0 Å². The summed E-state index contributed by atoms with van der Waals surface area (Å²) >= 11 is 1.82. The van der Waals surface area contributed by atoms with Crippen LogP contribution in [0.25, 0.3) is 0 Å². The zero-order valence-electron chi connectivity index (χ0n) is 12.0. The number of rotatable bonds is 3. The summed E-state index contributed by atoms with van der Waals surface area (Å²) in [5.41, 5.74) is 1.98. The maximum Gasteiger partial charge on any atom is 0.0900 e. The Morgan fingerprint density at radius 3 is 2.06 bits per heavy atom. The molecule has 2 rings (SSSR count). The van der Waals surface area contributed by atoms with Crippen molar-refractivity contribution < 1.29 is 0 Å². The third-order valence-corrected chi connectivity index (χ3v) is 6.03. The fourth-order valence-corrected chi connectivity index (χ4v) is 3.83. The topological polar surface area (TPSA) is 24.9 Å². The molecule has 1 aliphatic carbocycles. The normalized spacial score (nSPS) is 23.7. The van der Waals surface area contributed by atoms with Crippen LogP contribution < -0.4 is 5.32 Å². The number of hydrogen-bond donors (Lipinski definition) is 1. The molecule has 1 aliphatic rings. The second kappa shape index (κ2) is 3.79. The van der Waals surface area contributed by atoms with Crippen LogP contribution in [-0.2, 0) is 0 Å². The largest absolute Gasteiger partial charge is 0.305 e. The molecule has 0 aliphatic heterocycles. The summed E-state index contributed by atoms with van der Waals surface area (Å²) < 4.78 is 0. The van der Waals surface area contributed by atoms with Crippen LogP contribution in [0, 0.1) is 24.7 Å². The van der Waals surface area contributed by atoms with Crippen LogP contribution in [-0.4, -0.2) is 11.0 Å². The summed E-state index contributed by atoms with van der Waals surface area (Å²) in [6.45, 7) is 15.8. The van der Waals surface area contributed by atoms with E-state index in [0.717, 1.165) is 0 Å². The zero-order chi connectivity index (χ0) is 13.0. The van der Waals surface area contributed by atoms with Crippen molar-refractivity contribution >= 4 is 11.3 Å². The van der Waals surface area contributed by atoms with Gasteiger partial charge in [0.2, 0.25) is 0 Å². The lowest BCUT2D eigenvalue weighted by Gasteiger charge is -2.14. The number of aryl methyl sites for hydroxylation is 2. The average Bonchev–Trinajstić information content (AvgIpc) is 2.50. The van der Waals surface area contributed by atoms with Crippen molar-refractivity contribution in [3.05, 3.63) is 15.6 Å². The first-order chi connectivity index (χ1) is 7.68. The highest BCUT2D eigenvalue weighted by atomic mass is 32.1. The standard InChI is InChI=1S/C14H24N2S/c1-8-11(17-10(3)15-8)9(2)16-12-13(4,5)14(12,6)7/h9,12,16H,1-7H3. The molecule has 1 saturated carbocycles. The SMILES string of the molecule is Cc1nc(C)c(C(C)NC2C(C)(C)C2(C)C)s1. The minimum atomic E-state index is 0.398. The fourth-order valence-electron chi connectivity index (χ4n) is 2.89. The minimum absolute atomic E-state index is 0.398. The van der Waals surface area contributed by atoms with Gasteiger partial charge in [-0.1, -0.05) is 27.7 Å². The highest BCUT2D eigenvalue weighted by molar-refractivity contribution is 7.11. The monoisotopic (exact) mass is 252 g/mol. The molecule has 17 heavy (non-hydrogen) atoms. The zero-order valence-corrected chi connectivity index (χ0v) is 12.8. The van der Waals surface area contributed by atoms with Gasteiger partial charge in [-0.15, -0.1) is 11.3 Å². The third-order valence-electron chi connectivity index (χ3n) is 4.77. The van der Waals surface area contributed by atoms with Crippen LogP contribution in [0.1, 0.15) is 56.2 Å². The lowest BCUT2D eigenvalue weighted by atomic mass is 10.0. The quantitative estimate of drug-likeness (QED) is 0.884. The Labute approximate surface area is 109 Å². The van der Waals surface area contributed by atoms with Crippen molar-refractivity contribution in [2.24, 2.45) is 10.8 Å². The summed E-state index contributed by atoms with van der Waals surface area (Å²) in [4.78, 5) is 5.90. The number of nitrogens with one attached hydrogen (secondary N) is 1. The van der Waals surface area contributed by atoms with E-state index < -0.39 is 0 Å². The minimum Gasteiger partial charge on any atom is -0.305 e. The summed E-state index contributed by atoms with van der Waals surface area (Å²) in [5, 5.41) is 4.94. The second-order valence-corrected chi connectivity index (χ2v) is 7.68. The predicted molar refractivity (Wildman–Crippen MR) is 74.5 cm³/mol. The molecule has 1 heterocycles. The van der Waals surface area contributed by atoms with Crippen LogP contribution in [0.5, 0.6) is 0 Å². The Kier molecular flexibility index (Phi) is 2.91. The van der Waals surface area contributed by atoms with Crippen LogP contribution >= 0.6 is 11.3 Å². The van der Waals surface area contributed by atoms with Gasteiger partial charge in [0, 0.05) is 17.0 Å². The number of thiazole rings is 1. The Balaban J connectivity index is 2.09. The van der Waals surface area contributed by atoms with Crippen molar-refractivity contribution in [2.75, 3.05) is 0 Å². The molecule has 1 atom stereocenters. The Morgan fingerprint density at radius 2 is 1.71 bits per heavy atom. The van der Waals surface area contributed by atoms with E-state index in [2.05, 4.69) is 58.8 Å². The average molecular weight is 252 g/mol. The molecular formula is C14H24N2S. The lowest BCUT2D eigenvalue weighted by Crippen LogP contribution is -2.25. The number of nitrogens with zero attached hydrogens (tertiary/aromatic N) is 1. The van der Waals surface area contributed by atoms with Gasteiger partial charge in [-0.25, -0.2) is 4.98 Å². The van der Waals surface area contributed by atoms with Crippen LogP contribution in [0.4, 0.5) is 0 Å². The van der Waals surface area contributed by atoms with Crippen molar-refractivity contribution in [2.45, 2.75) is 60.5 Å². The summed E-state index contributed by atoms with van der Waals surface area (Å²) in [6.07, 6.45) is 0. The highest BCUT2D eigenvalue weighted by Crippen LogP contribution is 2.63. The van der Waals surface area contributed by atoms with Crippen molar-refractivity contribution in [3.63, 3.8) is 0 Å². The van der Waals surface area contributed by atoms with Gasteiger partial charge in [0.15, 0.2) is 0 Å². The number of hydrogen-bond acceptors (Lipinski definition) is 3. The molecule has 96 valence electrons. The van der Waals surface area contributed by atoms with Gasteiger partial charge in [0.25, 0.3) is 0 Å². The summed E-state index contributed by atoms with van der Waals surface area (Å²) in [5.74, 6) is 0. The predicted octanol–water partition coefficient (Wildman–Crippen LogP) is 3.85. The van der Waals surface area contributed by atoms with E-state index in [1.807, 2.05) is 11.3 Å². The second-order valence-electron chi connectivity index (χ2n) is 6.45. The maximum atomic E-state index is 4.51. The first-order valence-corrected chi connectivity index (χ1v) is 7.19. The molecule has 1 N–H and O–H groups in total. The molecular weight excluding hydrogens is 228 g/mol. The van der Waals surface area contributed by atoms with Gasteiger partial charge < -0.3 is 5.32 Å². The Hall–Kier alpha value is -0.410. The summed E-state index contributed by atoms with van der Waals surface area (Å²) in [6, 6.07) is 1.01. The van der Waals surface area contributed by atoms with Gasteiger partial charge in [0.1, 0.15) is 0 Å². The van der Waals surface area contributed by atoms with E-state index in [4.69, 9.17) is 0 Å². The van der Waals surface area contributed by atoms with E-state index in [-0.39, 0.29) is 0 Å². The molecule has 1 fully saturated rings. The molecule has 0 aromatic carbocycles. The highest BCUT2D eigenvalue weighted by Gasteiger charge is 2.64. The van der Waals surface area contributed by atoms with Gasteiger partial charge in [-0.3, -0.25) is 0 Å². The van der Waals surface area contributed by atoms with Gasteiger partial charge in [0.05, 0.1) is 10.7 Å². The first-order valence-electron chi connectivity index (χ1n) is 6.38. The van der Waals surface area contributed by atoms with E-state index in [0.29, 0.717) is 22.9 Å². The molecule has 2 nitrogen and oxygen atoms in total. The van der Waals surface area contributed by atoms with Crippen molar-refractivity contribution in [1.29, 1.82) is 0 Å². The van der Waals surface area contributed by atoms with Crippen molar-refractivity contribution in [3.8, 4) is 0 Å². The molecule has 1 unspecified atom stereocenters. The summed E-state index contributed by atoms with van der Waals surface area (Å²) in [7, 11) is 0. The molecule has 0 spiro atoms. The molecule has 1 aromatic heterocycles. The molecule has 0 amide bonds. The van der Waals surface area contributed by atoms with E-state index in [1.165, 1.54) is 15.6 Å². The van der Waals surface area contributed by atoms with Gasteiger partial charge >= 0.3 is 0 Å². The Bertz CT molecular complexity index is 417. The third kappa shape index (κ3) is 1.93. The number of aromatic nitrogens is 1. The first kappa shape index (κ1) is 13.0. The van der Waals surface area contributed by atoms with E-state index in [9.17, 15) is 0 Å². The maximum absolute atomic E-state index is 4.51. The molecule has 0 bridgehead atoms. The Morgan fingerprint density at radius 1 is 1.18 bits per heavy atom. The smallest absolute Gasteiger partial charge is 0.0900 e. The van der Waals surface area contributed by atoms with Crippen LogP contribution in [0.15, 0.2) is 0 Å². The van der Waals surface area contributed by atoms with Gasteiger partial charge in [-0.2, -0.15) is 0 Å². The molecule has 1 aromatic rings. The van der Waals surface area contributed by atoms with Gasteiger partial charge in [-0.05, 0) is 31.6 Å². The van der Waals surface area contributed by atoms with E-state index in [1.54, 1.807) is 0 Å². The van der Waals surface area contributed by atoms with Crippen LogP contribution in [0.3, 0.4) is 0 Å². The lowest BCUT2D eigenvalue weighted by molar-refractivity contribution is 0.457. The molecule has 0 radical (unpaired) electrons. The molecule has 3 heteroatoms. The van der Waals surface area contributed by atoms with Crippen molar-refractivity contribution in [1.82, 2.24) is 10.3 Å². The molecule has 0 saturated heterocycles. The van der Waals surface area contributed by atoms with E-state index >= 15 is 0 Å². The fraction of sp³-hybridized carbons (Fsp3) is 0.786.